The summed E-state index contributed by atoms with van der Waals surface area (Å²) in [6, 6.07) is 47.1. The van der Waals surface area contributed by atoms with Gasteiger partial charge in [-0.1, -0.05) is 124 Å². The molecule has 3 heterocycles. The summed E-state index contributed by atoms with van der Waals surface area (Å²) in [5, 5.41) is 3.30. The molecule has 0 aliphatic rings. The van der Waals surface area contributed by atoms with Crippen molar-refractivity contribution in [1.29, 1.82) is 0 Å². The predicted octanol–water partition coefficient (Wildman–Crippen LogP) is 11.1. The fourth-order valence-corrected chi connectivity index (χ4v) is 7.70. The number of imidazole rings is 1. The molecule has 8 aromatic rings. The van der Waals surface area contributed by atoms with Gasteiger partial charge in [0, 0.05) is 41.0 Å². The molecule has 0 atom stereocenters. The Balaban J connectivity index is 0.000000184. The Labute approximate surface area is 318 Å². The summed E-state index contributed by atoms with van der Waals surface area (Å²) in [5.74, 6) is 0.875. The summed E-state index contributed by atoms with van der Waals surface area (Å²) in [4.78, 5) is 9.58. The third kappa shape index (κ3) is 7.99. The van der Waals surface area contributed by atoms with Crippen LogP contribution in [0.4, 0.5) is 0 Å². The number of aromatic nitrogens is 3. The van der Waals surface area contributed by atoms with E-state index >= 15 is 0 Å². The average molecular weight is 864 g/mol. The van der Waals surface area contributed by atoms with Crippen molar-refractivity contribution in [1.82, 2.24) is 14.5 Å². The molecule has 0 saturated heterocycles. The van der Waals surface area contributed by atoms with E-state index < -0.39 is 19.9 Å². The molecule has 6 heteroatoms. The van der Waals surface area contributed by atoms with Crippen LogP contribution in [-0.2, 0) is 33.0 Å². The molecule has 0 fully saturated rings. The number of para-hydroxylation sites is 3. The van der Waals surface area contributed by atoms with Crippen LogP contribution < -0.4 is 5.19 Å². The monoisotopic (exact) mass is 864 g/mol. The molecule has 3 aromatic heterocycles. The van der Waals surface area contributed by atoms with E-state index in [1.54, 1.807) is 0 Å². The van der Waals surface area contributed by atoms with Crippen molar-refractivity contribution >= 4 is 46.2 Å². The van der Waals surface area contributed by atoms with E-state index in [2.05, 4.69) is 95.9 Å². The number of furan rings is 1. The number of hydrogen-bond donors (Lipinski definition) is 0. The Morgan fingerprint density at radius 3 is 2.27 bits per heavy atom. The van der Waals surface area contributed by atoms with Gasteiger partial charge in [0.25, 0.3) is 0 Å². The summed E-state index contributed by atoms with van der Waals surface area (Å²) in [6.45, 7) is 13.3. The number of rotatable bonds is 6. The number of benzene rings is 5. The van der Waals surface area contributed by atoms with Crippen LogP contribution in [0.15, 0.2) is 132 Å². The van der Waals surface area contributed by atoms with Gasteiger partial charge in [-0.15, -0.1) is 54.1 Å². The molecule has 259 valence electrons. The average Bonchev–Trinajstić information content (AvgIpc) is 3.70. The van der Waals surface area contributed by atoms with Gasteiger partial charge < -0.3 is 14.0 Å². The van der Waals surface area contributed by atoms with Gasteiger partial charge >= 0.3 is 0 Å². The first-order chi connectivity index (χ1) is 24.8. The molecule has 0 bridgehead atoms. The first-order valence-corrected chi connectivity index (χ1v) is 20.6. The molecule has 0 aliphatic carbocycles. The maximum Gasteiger partial charge on any atom is 0.120 e. The van der Waals surface area contributed by atoms with Crippen molar-refractivity contribution < 1.29 is 27.3 Å². The second-order valence-corrected chi connectivity index (χ2v) is 19.7. The Morgan fingerprint density at radius 2 is 1.53 bits per heavy atom. The fourth-order valence-electron chi connectivity index (χ4n) is 6.31. The van der Waals surface area contributed by atoms with Gasteiger partial charge in [0.1, 0.15) is 5.58 Å². The van der Waals surface area contributed by atoms with Crippen molar-refractivity contribution in [3.63, 3.8) is 0 Å². The Kier molecular flexibility index (Phi) is 9.82. The SMILES string of the molecule is [2H]C([2H])(c1cc(-c2[c-]cccc2)ncc1[Si](C)(C)C)C(C)(C)C.[Ir].[c-]1ccc2c(oc3ccccc32)c1-c1nc2ccccc2n1Cc1ccccc1. The van der Waals surface area contributed by atoms with E-state index in [0.717, 1.165) is 72.9 Å². The van der Waals surface area contributed by atoms with Gasteiger partial charge in [0.15, 0.2) is 0 Å². The number of pyridine rings is 1. The molecule has 5 aromatic carbocycles. The molecular formula is C45H43IrN3OSi-2. The first-order valence-electron chi connectivity index (χ1n) is 18.1. The molecule has 4 nitrogen and oxygen atoms in total. The molecule has 0 unspecified atom stereocenters. The van der Waals surface area contributed by atoms with E-state index in [9.17, 15) is 0 Å². The zero-order chi connectivity index (χ0) is 36.7. The van der Waals surface area contributed by atoms with Gasteiger partial charge in [0.2, 0.25) is 0 Å². The van der Waals surface area contributed by atoms with Crippen molar-refractivity contribution in [3.8, 4) is 22.6 Å². The third-order valence-corrected chi connectivity index (χ3v) is 10.6. The van der Waals surface area contributed by atoms with Crippen LogP contribution in [-0.4, -0.2) is 22.6 Å². The number of nitrogens with zero attached hydrogens (tertiary/aromatic N) is 3. The van der Waals surface area contributed by atoms with Gasteiger partial charge in [0.05, 0.1) is 30.5 Å². The second-order valence-electron chi connectivity index (χ2n) is 14.7. The molecule has 0 saturated carbocycles. The minimum Gasteiger partial charge on any atom is -0.501 e. The van der Waals surface area contributed by atoms with Crippen molar-refractivity contribution in [2.45, 2.75) is 53.3 Å². The smallest absolute Gasteiger partial charge is 0.120 e. The van der Waals surface area contributed by atoms with Crippen LogP contribution in [0.25, 0.3) is 55.6 Å². The Morgan fingerprint density at radius 1 is 0.804 bits per heavy atom. The summed E-state index contributed by atoms with van der Waals surface area (Å²) < 4.78 is 26.0. The maximum absolute atomic E-state index is 8.75. The van der Waals surface area contributed by atoms with Crippen molar-refractivity contribution in [2.75, 3.05) is 0 Å². The van der Waals surface area contributed by atoms with Crippen LogP contribution in [0.1, 0.15) is 34.6 Å². The summed E-state index contributed by atoms with van der Waals surface area (Å²) in [6.07, 6.45) is 0.469. The summed E-state index contributed by atoms with van der Waals surface area (Å²) in [7, 11) is -1.70. The van der Waals surface area contributed by atoms with Crippen molar-refractivity contribution in [3.05, 3.63) is 151 Å². The van der Waals surface area contributed by atoms with E-state index in [0.29, 0.717) is 0 Å². The first kappa shape index (κ1) is 33.5. The predicted molar refractivity (Wildman–Crippen MR) is 211 cm³/mol. The van der Waals surface area contributed by atoms with E-state index in [4.69, 9.17) is 12.1 Å². The van der Waals surface area contributed by atoms with Gasteiger partial charge in [-0.05, 0) is 46.4 Å². The third-order valence-electron chi connectivity index (χ3n) is 8.61. The van der Waals surface area contributed by atoms with Gasteiger partial charge in [-0.3, -0.25) is 4.98 Å². The largest absolute Gasteiger partial charge is 0.501 e. The number of hydrogen-bond acceptors (Lipinski definition) is 3. The summed E-state index contributed by atoms with van der Waals surface area (Å²) >= 11 is 0. The molecule has 1 radical (unpaired) electrons. The quantitative estimate of drug-likeness (QED) is 0.124. The molecule has 0 aliphatic heterocycles. The molecule has 0 N–H and O–H groups in total. The van der Waals surface area contributed by atoms with E-state index in [-0.39, 0.29) is 20.1 Å². The van der Waals surface area contributed by atoms with E-state index in [1.807, 2.05) is 93.7 Å². The molecular weight excluding hydrogens is 819 g/mol. The van der Waals surface area contributed by atoms with E-state index in [1.165, 1.54) is 5.56 Å². The minimum absolute atomic E-state index is 0. The molecule has 51 heavy (non-hydrogen) atoms. The normalized spacial score (nSPS) is 12.6. The minimum atomic E-state index is -1.70. The van der Waals surface area contributed by atoms with Crippen LogP contribution in [0, 0.1) is 17.5 Å². The maximum atomic E-state index is 8.75. The topological polar surface area (TPSA) is 43.9 Å². The molecule has 0 amide bonds. The summed E-state index contributed by atoms with van der Waals surface area (Å²) in [5.41, 5.74) is 7.91. The Hall–Kier alpha value is -4.61. The van der Waals surface area contributed by atoms with Crippen LogP contribution in [0.3, 0.4) is 0 Å². The molecule has 0 spiro atoms. The van der Waals surface area contributed by atoms with Crippen molar-refractivity contribution in [2.24, 2.45) is 5.41 Å². The van der Waals surface area contributed by atoms with Crippen LogP contribution in [0.2, 0.25) is 19.6 Å². The van der Waals surface area contributed by atoms with Gasteiger partial charge in [-0.25, -0.2) is 0 Å². The standard InChI is InChI=1S/C26H17N2O.C19H26NSi.Ir/c1-2-9-18(10-3-1)17-28-23-15-6-5-14-22(23)27-26(28)21-13-8-12-20-19-11-4-7-16-24(19)29-25(20)21;1-19(2,3)13-16-12-17(15-10-8-7-9-11-15)20-14-18(16)21(4,5)6;/h1-12,14-16H,17H2;7-10,12,14H,13H2,1-6H3;/q2*-1;/i;13D2;. The number of fused-ring (bicyclic) bond motifs is 4. The molecule has 8 rings (SSSR count). The second kappa shape index (κ2) is 14.9. The Bertz CT molecular complexity index is 2500. The fraction of sp³-hybridized carbons (Fsp3) is 0.200. The zero-order valence-corrected chi connectivity index (χ0v) is 33.3. The van der Waals surface area contributed by atoms with Crippen LogP contribution >= 0.6 is 0 Å². The van der Waals surface area contributed by atoms with Gasteiger partial charge in [-0.2, -0.15) is 0 Å². The zero-order valence-electron chi connectivity index (χ0n) is 31.9. The van der Waals surface area contributed by atoms with Crippen LogP contribution in [0.5, 0.6) is 0 Å².